The molecule has 5 nitrogen and oxygen atoms in total. The van der Waals surface area contributed by atoms with Crippen LogP contribution in [0.3, 0.4) is 0 Å². The fraction of sp³-hybridized carbons (Fsp3) is 0.556. The molecular formula is C9H12N2O3. The Bertz CT molecular complexity index is 307. The third kappa shape index (κ3) is 1.77. The number of hydrogen-bond acceptors (Lipinski definition) is 4. The SMILES string of the molecule is NC1=CC=CC(OC2CC2)C1[N+](=O)[O-]. The van der Waals surface area contributed by atoms with E-state index in [0.717, 1.165) is 12.8 Å². The lowest BCUT2D eigenvalue weighted by Crippen LogP contribution is -2.40. The van der Waals surface area contributed by atoms with E-state index in [1.54, 1.807) is 18.2 Å². The van der Waals surface area contributed by atoms with Gasteiger partial charge in [-0.25, -0.2) is 0 Å². The number of nitrogens with two attached hydrogens (primary N) is 1. The molecule has 2 aliphatic rings. The summed E-state index contributed by atoms with van der Waals surface area (Å²) in [5.74, 6) is 0. The highest BCUT2D eigenvalue weighted by Gasteiger charge is 2.38. The fourth-order valence-electron chi connectivity index (χ4n) is 1.46. The Labute approximate surface area is 81.4 Å². The van der Waals surface area contributed by atoms with Gasteiger partial charge in [-0.2, -0.15) is 0 Å². The average molecular weight is 196 g/mol. The molecule has 0 aromatic carbocycles. The molecule has 5 heteroatoms. The van der Waals surface area contributed by atoms with E-state index in [1.807, 2.05) is 0 Å². The van der Waals surface area contributed by atoms with Gasteiger partial charge in [0, 0.05) is 4.92 Å². The molecule has 0 aliphatic heterocycles. The quantitative estimate of drug-likeness (QED) is 0.529. The Morgan fingerprint density at radius 3 is 2.86 bits per heavy atom. The number of ether oxygens (including phenoxy) is 1. The Hall–Kier alpha value is -1.36. The van der Waals surface area contributed by atoms with Gasteiger partial charge in [0.15, 0.2) is 0 Å². The average Bonchev–Trinajstić information content (AvgIpc) is 2.87. The zero-order valence-corrected chi connectivity index (χ0v) is 7.63. The second-order valence-electron chi connectivity index (χ2n) is 3.58. The van der Waals surface area contributed by atoms with Gasteiger partial charge in [0.05, 0.1) is 11.8 Å². The van der Waals surface area contributed by atoms with Gasteiger partial charge < -0.3 is 10.5 Å². The molecule has 2 aliphatic carbocycles. The van der Waals surface area contributed by atoms with Crippen LogP contribution in [0, 0.1) is 10.1 Å². The number of rotatable bonds is 3. The van der Waals surface area contributed by atoms with Gasteiger partial charge in [-0.15, -0.1) is 0 Å². The number of nitrogens with zero attached hydrogens (tertiary/aromatic N) is 1. The summed E-state index contributed by atoms with van der Waals surface area (Å²) in [6, 6.07) is -0.916. The van der Waals surface area contributed by atoms with Crippen molar-refractivity contribution in [3.63, 3.8) is 0 Å². The van der Waals surface area contributed by atoms with Crippen molar-refractivity contribution in [2.75, 3.05) is 0 Å². The standard InChI is InChI=1S/C9H12N2O3/c10-7-2-1-3-8(9(7)11(12)13)14-6-4-5-6/h1-3,6,8-9H,4-5,10H2. The largest absolute Gasteiger partial charge is 0.396 e. The van der Waals surface area contributed by atoms with E-state index < -0.39 is 12.1 Å². The smallest absolute Gasteiger partial charge is 0.281 e. The van der Waals surface area contributed by atoms with Gasteiger partial charge in [0.1, 0.15) is 6.10 Å². The van der Waals surface area contributed by atoms with Crippen molar-refractivity contribution in [2.45, 2.75) is 31.1 Å². The molecule has 1 fully saturated rings. The van der Waals surface area contributed by atoms with E-state index in [-0.39, 0.29) is 16.7 Å². The topological polar surface area (TPSA) is 78.4 Å². The maximum atomic E-state index is 10.7. The summed E-state index contributed by atoms with van der Waals surface area (Å²) in [6.07, 6.45) is 6.65. The third-order valence-electron chi connectivity index (χ3n) is 2.34. The molecule has 1 saturated carbocycles. The normalized spacial score (nSPS) is 31.3. The van der Waals surface area contributed by atoms with Crippen LogP contribution in [-0.4, -0.2) is 23.2 Å². The second kappa shape index (κ2) is 3.42. The van der Waals surface area contributed by atoms with Crippen molar-refractivity contribution >= 4 is 0 Å². The van der Waals surface area contributed by atoms with Gasteiger partial charge in [-0.05, 0) is 25.0 Å². The van der Waals surface area contributed by atoms with Crippen LogP contribution in [-0.2, 0) is 4.74 Å². The van der Waals surface area contributed by atoms with Gasteiger partial charge in [-0.1, -0.05) is 6.08 Å². The third-order valence-corrected chi connectivity index (χ3v) is 2.34. The first-order valence-corrected chi connectivity index (χ1v) is 4.61. The van der Waals surface area contributed by atoms with Crippen molar-refractivity contribution < 1.29 is 9.66 Å². The summed E-state index contributed by atoms with van der Waals surface area (Å²) in [6.45, 7) is 0. The van der Waals surface area contributed by atoms with Crippen molar-refractivity contribution in [1.82, 2.24) is 0 Å². The summed E-state index contributed by atoms with van der Waals surface area (Å²) in [4.78, 5) is 10.4. The molecule has 2 atom stereocenters. The molecule has 0 bridgehead atoms. The van der Waals surface area contributed by atoms with E-state index >= 15 is 0 Å². The lowest BCUT2D eigenvalue weighted by Gasteiger charge is -2.20. The van der Waals surface area contributed by atoms with Crippen LogP contribution in [0.5, 0.6) is 0 Å². The van der Waals surface area contributed by atoms with E-state index in [1.165, 1.54) is 0 Å². The van der Waals surface area contributed by atoms with Crippen LogP contribution in [0.25, 0.3) is 0 Å². The van der Waals surface area contributed by atoms with Crippen molar-refractivity contribution in [3.05, 3.63) is 34.0 Å². The second-order valence-corrected chi connectivity index (χ2v) is 3.58. The predicted molar refractivity (Wildman–Crippen MR) is 50.1 cm³/mol. The van der Waals surface area contributed by atoms with E-state index in [9.17, 15) is 10.1 Å². The van der Waals surface area contributed by atoms with Crippen molar-refractivity contribution in [1.29, 1.82) is 0 Å². The van der Waals surface area contributed by atoms with Crippen LogP contribution in [0.15, 0.2) is 23.9 Å². The molecule has 0 aromatic rings. The molecule has 0 spiro atoms. The molecular weight excluding hydrogens is 184 g/mol. The minimum Gasteiger partial charge on any atom is -0.396 e. The molecule has 2 unspecified atom stereocenters. The van der Waals surface area contributed by atoms with E-state index in [0.29, 0.717) is 0 Å². The molecule has 2 N–H and O–H groups in total. The number of allylic oxidation sites excluding steroid dienone is 2. The maximum absolute atomic E-state index is 10.7. The van der Waals surface area contributed by atoms with Crippen molar-refractivity contribution in [3.8, 4) is 0 Å². The van der Waals surface area contributed by atoms with Gasteiger partial charge >= 0.3 is 0 Å². The molecule has 0 saturated heterocycles. The van der Waals surface area contributed by atoms with Gasteiger partial charge in [0.25, 0.3) is 6.04 Å². The summed E-state index contributed by atoms with van der Waals surface area (Å²) in [7, 11) is 0. The summed E-state index contributed by atoms with van der Waals surface area (Å²) >= 11 is 0. The highest BCUT2D eigenvalue weighted by atomic mass is 16.6. The van der Waals surface area contributed by atoms with Crippen LogP contribution in [0.1, 0.15) is 12.8 Å². The number of nitro groups is 1. The first-order chi connectivity index (χ1) is 6.68. The van der Waals surface area contributed by atoms with E-state index in [2.05, 4.69) is 0 Å². The van der Waals surface area contributed by atoms with Crippen LogP contribution >= 0.6 is 0 Å². The fourth-order valence-corrected chi connectivity index (χ4v) is 1.46. The first kappa shape index (κ1) is 9.21. The van der Waals surface area contributed by atoms with E-state index in [4.69, 9.17) is 10.5 Å². The van der Waals surface area contributed by atoms with Crippen LogP contribution in [0.4, 0.5) is 0 Å². The zero-order chi connectivity index (χ0) is 10.1. The lowest BCUT2D eigenvalue weighted by atomic mass is 10.0. The molecule has 2 rings (SSSR count). The number of hydrogen-bond donors (Lipinski definition) is 1. The molecule has 0 radical (unpaired) electrons. The molecule has 14 heavy (non-hydrogen) atoms. The van der Waals surface area contributed by atoms with Gasteiger partial charge in [0.2, 0.25) is 0 Å². The molecule has 0 amide bonds. The first-order valence-electron chi connectivity index (χ1n) is 4.61. The highest BCUT2D eigenvalue weighted by Crippen LogP contribution is 2.28. The summed E-state index contributed by atoms with van der Waals surface area (Å²) in [5, 5.41) is 10.7. The highest BCUT2D eigenvalue weighted by molar-refractivity contribution is 5.23. The minimum atomic E-state index is -0.916. The predicted octanol–water partition coefficient (Wildman–Crippen LogP) is 0.592. The lowest BCUT2D eigenvalue weighted by molar-refractivity contribution is -0.522. The summed E-state index contributed by atoms with van der Waals surface area (Å²) in [5.41, 5.74) is 5.82. The monoisotopic (exact) mass is 196 g/mol. The molecule has 76 valence electrons. The Morgan fingerprint density at radius 1 is 1.57 bits per heavy atom. The van der Waals surface area contributed by atoms with Crippen molar-refractivity contribution in [2.24, 2.45) is 5.73 Å². The Balaban J connectivity index is 2.09. The molecule has 0 aromatic heterocycles. The zero-order valence-electron chi connectivity index (χ0n) is 7.63. The Morgan fingerprint density at radius 2 is 2.29 bits per heavy atom. The summed E-state index contributed by atoms with van der Waals surface area (Å²) < 4.78 is 5.50. The van der Waals surface area contributed by atoms with Crippen LogP contribution < -0.4 is 5.73 Å². The van der Waals surface area contributed by atoms with Crippen LogP contribution in [0.2, 0.25) is 0 Å². The van der Waals surface area contributed by atoms with Gasteiger partial charge in [-0.3, -0.25) is 10.1 Å². The maximum Gasteiger partial charge on any atom is 0.281 e. The Kier molecular flexibility index (Phi) is 2.25. The minimum absolute atomic E-state index is 0.193. The molecule has 0 heterocycles.